The van der Waals surface area contributed by atoms with Crippen LogP contribution in [-0.2, 0) is 11.3 Å². The predicted molar refractivity (Wildman–Crippen MR) is 112 cm³/mol. The molecular weight excluding hydrogens is 368 g/mol. The van der Waals surface area contributed by atoms with Gasteiger partial charge in [-0.1, -0.05) is 24.3 Å². The summed E-state index contributed by atoms with van der Waals surface area (Å²) in [6, 6.07) is 11.3. The van der Waals surface area contributed by atoms with Crippen LogP contribution in [0.2, 0.25) is 0 Å². The summed E-state index contributed by atoms with van der Waals surface area (Å²) in [6.45, 7) is 5.44. The molecule has 3 heterocycles. The fourth-order valence-corrected chi connectivity index (χ4v) is 3.26. The normalized spacial score (nSPS) is 11.9. The third-order valence-electron chi connectivity index (χ3n) is 4.56. The van der Waals surface area contributed by atoms with Gasteiger partial charge in [-0.2, -0.15) is 0 Å². The van der Waals surface area contributed by atoms with Gasteiger partial charge in [0.25, 0.3) is 0 Å². The second-order valence-electron chi connectivity index (χ2n) is 7.89. The fourth-order valence-electron chi connectivity index (χ4n) is 3.26. The quantitative estimate of drug-likeness (QED) is 0.534. The predicted octanol–water partition coefficient (Wildman–Crippen LogP) is 4.11. The van der Waals surface area contributed by atoms with E-state index in [-0.39, 0.29) is 6.61 Å². The van der Waals surface area contributed by atoms with E-state index in [2.05, 4.69) is 9.97 Å². The van der Waals surface area contributed by atoms with Crippen LogP contribution in [0.1, 0.15) is 26.3 Å². The molecule has 0 saturated carbocycles. The minimum Gasteiger partial charge on any atom is -0.443 e. The van der Waals surface area contributed by atoms with E-state index in [4.69, 9.17) is 10.5 Å². The molecule has 148 valence electrons. The zero-order chi connectivity index (χ0) is 20.8. The first-order chi connectivity index (χ1) is 13.8. The van der Waals surface area contributed by atoms with Crippen LogP contribution in [0.4, 0.5) is 10.6 Å². The summed E-state index contributed by atoms with van der Waals surface area (Å²) in [5.41, 5.74) is 9.01. The van der Waals surface area contributed by atoms with Gasteiger partial charge < -0.3 is 15.6 Å². The molecule has 0 fully saturated rings. The number of nitrogens with zero attached hydrogens (tertiary/aromatic N) is 3. The molecule has 0 unspecified atom stereocenters. The number of aromatic nitrogens is 3. The van der Waals surface area contributed by atoms with Crippen LogP contribution < -0.4 is 5.73 Å². The third kappa shape index (κ3) is 3.52. The Bertz CT molecular complexity index is 1220. The van der Waals surface area contributed by atoms with Crippen molar-refractivity contribution in [1.29, 1.82) is 0 Å². The SMILES string of the molecule is CC(C)(C)OC(=O)n1c2cnc(N)cc2c2cc(-c3ccc(CO)cc3)cnc21. The van der Waals surface area contributed by atoms with Gasteiger partial charge in [0.2, 0.25) is 0 Å². The number of pyridine rings is 2. The van der Waals surface area contributed by atoms with Gasteiger partial charge in [0.05, 0.1) is 18.3 Å². The van der Waals surface area contributed by atoms with Crippen LogP contribution in [0.3, 0.4) is 0 Å². The summed E-state index contributed by atoms with van der Waals surface area (Å²) in [7, 11) is 0. The molecule has 0 amide bonds. The molecule has 3 N–H and O–H groups in total. The van der Waals surface area contributed by atoms with Gasteiger partial charge in [-0.05, 0) is 44.0 Å². The van der Waals surface area contributed by atoms with E-state index in [0.717, 1.165) is 27.5 Å². The summed E-state index contributed by atoms with van der Waals surface area (Å²) >= 11 is 0. The minimum atomic E-state index is -0.643. The molecule has 0 radical (unpaired) electrons. The van der Waals surface area contributed by atoms with Gasteiger partial charge >= 0.3 is 6.09 Å². The van der Waals surface area contributed by atoms with Crippen LogP contribution in [0, 0.1) is 0 Å². The number of fused-ring (bicyclic) bond motifs is 3. The van der Waals surface area contributed by atoms with Crippen LogP contribution >= 0.6 is 0 Å². The zero-order valence-electron chi connectivity index (χ0n) is 16.5. The number of nitrogens with two attached hydrogens (primary N) is 1. The number of aliphatic hydroxyl groups excluding tert-OH is 1. The Morgan fingerprint density at radius 3 is 2.45 bits per heavy atom. The Kier molecular flexibility index (Phi) is 4.47. The Labute approximate surface area is 167 Å². The van der Waals surface area contributed by atoms with Crippen molar-refractivity contribution in [3.8, 4) is 11.1 Å². The lowest BCUT2D eigenvalue weighted by Gasteiger charge is -2.20. The lowest BCUT2D eigenvalue weighted by Crippen LogP contribution is -2.27. The summed E-state index contributed by atoms with van der Waals surface area (Å²) < 4.78 is 7.00. The fraction of sp³-hybridized carbons (Fsp3) is 0.227. The van der Waals surface area contributed by atoms with E-state index in [1.54, 1.807) is 18.5 Å². The Balaban J connectivity index is 1.93. The molecule has 0 aliphatic carbocycles. The molecule has 7 heteroatoms. The lowest BCUT2D eigenvalue weighted by atomic mass is 10.0. The van der Waals surface area contributed by atoms with E-state index < -0.39 is 11.7 Å². The molecule has 4 rings (SSSR count). The van der Waals surface area contributed by atoms with E-state index in [1.807, 2.05) is 51.1 Å². The molecule has 0 aliphatic rings. The maximum atomic E-state index is 12.9. The van der Waals surface area contributed by atoms with E-state index in [1.165, 1.54) is 4.57 Å². The van der Waals surface area contributed by atoms with E-state index in [0.29, 0.717) is 17.0 Å². The average molecular weight is 390 g/mol. The van der Waals surface area contributed by atoms with Gasteiger partial charge in [0, 0.05) is 22.5 Å². The first kappa shape index (κ1) is 18.9. The van der Waals surface area contributed by atoms with Gasteiger partial charge in [-0.15, -0.1) is 0 Å². The second-order valence-corrected chi connectivity index (χ2v) is 7.89. The molecule has 7 nitrogen and oxygen atoms in total. The highest BCUT2D eigenvalue weighted by Crippen LogP contribution is 2.32. The van der Waals surface area contributed by atoms with Crippen molar-refractivity contribution < 1.29 is 14.6 Å². The molecule has 0 bridgehead atoms. The molecule has 0 saturated heterocycles. The van der Waals surface area contributed by atoms with Crippen LogP contribution in [0.15, 0.2) is 48.8 Å². The summed E-state index contributed by atoms with van der Waals surface area (Å²) in [4.78, 5) is 21.6. The van der Waals surface area contributed by atoms with Gasteiger partial charge in [0.1, 0.15) is 11.4 Å². The Morgan fingerprint density at radius 1 is 1.07 bits per heavy atom. The number of anilines is 1. The number of carbonyl (C=O) groups excluding carboxylic acids is 1. The van der Waals surface area contributed by atoms with Crippen molar-refractivity contribution in [2.45, 2.75) is 33.0 Å². The third-order valence-corrected chi connectivity index (χ3v) is 4.56. The standard InChI is InChI=1S/C22H22N4O3/c1-22(2,3)29-21(28)26-18-11-24-19(23)9-16(18)17-8-15(10-25-20(17)26)14-6-4-13(12-27)5-7-14/h4-11,27H,12H2,1-3H3,(H2,23,24). The number of hydrogen-bond donors (Lipinski definition) is 2. The molecule has 0 aliphatic heterocycles. The van der Waals surface area contributed by atoms with Crippen LogP contribution in [0.5, 0.6) is 0 Å². The molecule has 1 aromatic carbocycles. The highest BCUT2D eigenvalue weighted by atomic mass is 16.6. The molecule has 29 heavy (non-hydrogen) atoms. The summed E-state index contributed by atoms with van der Waals surface area (Å²) in [5, 5.41) is 10.8. The number of nitrogen functional groups attached to an aromatic ring is 1. The lowest BCUT2D eigenvalue weighted by molar-refractivity contribution is 0.0550. The molecule has 0 atom stereocenters. The maximum absolute atomic E-state index is 12.9. The number of hydrogen-bond acceptors (Lipinski definition) is 6. The number of ether oxygens (including phenoxy) is 1. The maximum Gasteiger partial charge on any atom is 0.420 e. The van der Waals surface area contributed by atoms with Crippen molar-refractivity contribution >= 4 is 33.8 Å². The largest absolute Gasteiger partial charge is 0.443 e. The highest BCUT2D eigenvalue weighted by molar-refractivity contribution is 6.12. The van der Waals surface area contributed by atoms with Crippen molar-refractivity contribution in [3.63, 3.8) is 0 Å². The minimum absolute atomic E-state index is 0.00673. The smallest absolute Gasteiger partial charge is 0.420 e. The first-order valence-electron chi connectivity index (χ1n) is 9.26. The van der Waals surface area contributed by atoms with Crippen LogP contribution in [0.25, 0.3) is 33.1 Å². The summed E-state index contributed by atoms with van der Waals surface area (Å²) in [5.74, 6) is 0.360. The highest BCUT2D eigenvalue weighted by Gasteiger charge is 2.23. The van der Waals surface area contributed by atoms with Crippen LogP contribution in [-0.4, -0.2) is 31.3 Å². The van der Waals surface area contributed by atoms with E-state index in [9.17, 15) is 9.90 Å². The second kappa shape index (κ2) is 6.86. The molecule has 0 spiro atoms. The molecular formula is C22H22N4O3. The monoisotopic (exact) mass is 390 g/mol. The van der Waals surface area contributed by atoms with Crippen molar-refractivity contribution in [3.05, 3.63) is 54.4 Å². The van der Waals surface area contributed by atoms with Gasteiger partial charge in [0.15, 0.2) is 5.65 Å². The van der Waals surface area contributed by atoms with Gasteiger partial charge in [-0.25, -0.2) is 19.3 Å². The van der Waals surface area contributed by atoms with Crippen molar-refractivity contribution in [2.24, 2.45) is 0 Å². The molecule has 3 aromatic heterocycles. The number of rotatable bonds is 2. The van der Waals surface area contributed by atoms with E-state index >= 15 is 0 Å². The average Bonchev–Trinajstić information content (AvgIpc) is 3.00. The van der Waals surface area contributed by atoms with Gasteiger partial charge in [-0.3, -0.25) is 0 Å². The van der Waals surface area contributed by atoms with Crippen molar-refractivity contribution in [1.82, 2.24) is 14.5 Å². The van der Waals surface area contributed by atoms with Crippen molar-refractivity contribution in [2.75, 3.05) is 5.73 Å². The first-order valence-corrected chi connectivity index (χ1v) is 9.26. The Hall–Kier alpha value is -3.45. The molecule has 4 aromatic rings. The number of aliphatic hydroxyl groups is 1. The summed E-state index contributed by atoms with van der Waals surface area (Å²) in [6.07, 6.45) is 2.76. The Morgan fingerprint density at radius 2 is 1.79 bits per heavy atom. The zero-order valence-corrected chi connectivity index (χ0v) is 16.5. The number of benzene rings is 1. The number of carbonyl (C=O) groups is 1. The topological polar surface area (TPSA) is 103 Å².